The number of carbonyl (C=O) groups is 1. The highest BCUT2D eigenvalue weighted by Gasteiger charge is 2.48. The molecule has 130 valence electrons. The van der Waals surface area contributed by atoms with Crippen molar-refractivity contribution in [3.05, 3.63) is 41.0 Å². The van der Waals surface area contributed by atoms with Crippen LogP contribution in [0.3, 0.4) is 0 Å². The summed E-state index contributed by atoms with van der Waals surface area (Å²) in [5.74, 6) is -4.48. The van der Waals surface area contributed by atoms with Crippen LogP contribution in [0.2, 0.25) is 0 Å². The van der Waals surface area contributed by atoms with Gasteiger partial charge in [0.05, 0.1) is 11.1 Å². The standard InChI is InChI=1S/C19H22F2O3/c1-18(2)9-7-11(8-10-18)16-15(17(22)24-19(16,3)23)14-12(20)5-4-6-13(14)21/h4-6,11,23H,7-10H2,1-3H3. The number of hydrogen-bond donors (Lipinski definition) is 1. The van der Waals surface area contributed by atoms with Crippen LogP contribution >= 0.6 is 0 Å². The average molecular weight is 336 g/mol. The number of rotatable bonds is 2. The van der Waals surface area contributed by atoms with Crippen molar-refractivity contribution in [2.75, 3.05) is 0 Å². The minimum Gasteiger partial charge on any atom is -0.426 e. The van der Waals surface area contributed by atoms with E-state index in [4.69, 9.17) is 4.74 Å². The maximum atomic E-state index is 14.2. The summed E-state index contributed by atoms with van der Waals surface area (Å²) in [5.41, 5.74) is -0.0529. The molecule has 1 aromatic rings. The Morgan fingerprint density at radius 2 is 1.67 bits per heavy atom. The van der Waals surface area contributed by atoms with Crippen LogP contribution in [-0.4, -0.2) is 16.9 Å². The van der Waals surface area contributed by atoms with Gasteiger partial charge in [0.15, 0.2) is 0 Å². The molecule has 1 aliphatic carbocycles. The molecule has 2 aliphatic rings. The van der Waals surface area contributed by atoms with Gasteiger partial charge in [-0.05, 0) is 49.1 Å². The van der Waals surface area contributed by atoms with Crippen molar-refractivity contribution in [3.63, 3.8) is 0 Å². The second-order valence-electron chi connectivity index (χ2n) is 7.70. The zero-order chi connectivity index (χ0) is 17.7. The molecule has 3 rings (SSSR count). The summed E-state index contributed by atoms with van der Waals surface area (Å²) in [5, 5.41) is 10.6. The maximum Gasteiger partial charge on any atom is 0.341 e. The minimum absolute atomic E-state index is 0.131. The maximum absolute atomic E-state index is 14.2. The van der Waals surface area contributed by atoms with E-state index in [0.717, 1.165) is 37.8 Å². The fraction of sp³-hybridized carbons (Fsp3) is 0.526. The Morgan fingerprint density at radius 1 is 1.12 bits per heavy atom. The molecule has 0 bridgehead atoms. The number of esters is 1. The summed E-state index contributed by atoms with van der Waals surface area (Å²) < 4.78 is 33.5. The Hall–Kier alpha value is -1.75. The van der Waals surface area contributed by atoms with Gasteiger partial charge in [-0.25, -0.2) is 13.6 Å². The number of cyclic esters (lactones) is 1. The third-order valence-electron chi connectivity index (χ3n) is 5.22. The van der Waals surface area contributed by atoms with Gasteiger partial charge in [-0.2, -0.15) is 0 Å². The minimum atomic E-state index is -1.83. The zero-order valence-electron chi connectivity index (χ0n) is 14.2. The average Bonchev–Trinajstić information content (AvgIpc) is 2.69. The van der Waals surface area contributed by atoms with Crippen LogP contribution in [0.25, 0.3) is 5.57 Å². The summed E-state index contributed by atoms with van der Waals surface area (Å²) in [6.07, 6.45) is 3.32. The lowest BCUT2D eigenvalue weighted by Crippen LogP contribution is -2.33. The topological polar surface area (TPSA) is 46.5 Å². The molecule has 1 unspecified atom stereocenters. The van der Waals surface area contributed by atoms with Crippen molar-refractivity contribution in [2.45, 2.75) is 52.2 Å². The highest BCUT2D eigenvalue weighted by Crippen LogP contribution is 2.49. The molecule has 0 amide bonds. The molecule has 24 heavy (non-hydrogen) atoms. The van der Waals surface area contributed by atoms with E-state index in [1.807, 2.05) is 0 Å². The molecule has 5 heteroatoms. The predicted molar refractivity (Wildman–Crippen MR) is 85.7 cm³/mol. The van der Waals surface area contributed by atoms with Gasteiger partial charge in [-0.3, -0.25) is 0 Å². The van der Waals surface area contributed by atoms with Crippen LogP contribution in [-0.2, 0) is 9.53 Å². The van der Waals surface area contributed by atoms with E-state index in [-0.39, 0.29) is 16.9 Å². The molecule has 1 heterocycles. The lowest BCUT2D eigenvalue weighted by Gasteiger charge is -2.37. The van der Waals surface area contributed by atoms with Crippen LogP contribution in [0.5, 0.6) is 0 Å². The Morgan fingerprint density at radius 3 is 2.21 bits per heavy atom. The van der Waals surface area contributed by atoms with Crippen molar-refractivity contribution in [1.82, 2.24) is 0 Å². The molecule has 0 radical (unpaired) electrons. The molecular weight excluding hydrogens is 314 g/mol. The van der Waals surface area contributed by atoms with Gasteiger partial charge in [-0.15, -0.1) is 0 Å². The number of benzene rings is 1. The van der Waals surface area contributed by atoms with E-state index in [2.05, 4.69) is 13.8 Å². The lowest BCUT2D eigenvalue weighted by atomic mass is 9.69. The Bertz CT molecular complexity index is 689. The van der Waals surface area contributed by atoms with Gasteiger partial charge in [0.1, 0.15) is 11.6 Å². The lowest BCUT2D eigenvalue weighted by molar-refractivity contribution is -0.176. The molecule has 1 fully saturated rings. The van der Waals surface area contributed by atoms with E-state index in [1.165, 1.54) is 13.0 Å². The number of hydrogen-bond acceptors (Lipinski definition) is 3. The van der Waals surface area contributed by atoms with E-state index >= 15 is 0 Å². The quantitative estimate of drug-likeness (QED) is 0.823. The third kappa shape index (κ3) is 2.86. The van der Waals surface area contributed by atoms with Gasteiger partial charge in [0, 0.05) is 12.5 Å². The van der Waals surface area contributed by atoms with Gasteiger partial charge < -0.3 is 9.84 Å². The first-order valence-electron chi connectivity index (χ1n) is 8.27. The van der Waals surface area contributed by atoms with Crippen LogP contribution < -0.4 is 0 Å². The highest BCUT2D eigenvalue weighted by atomic mass is 19.1. The first-order chi connectivity index (χ1) is 11.1. The predicted octanol–water partition coefficient (Wildman–Crippen LogP) is 4.20. The first kappa shape index (κ1) is 17.1. The van der Waals surface area contributed by atoms with Crippen LogP contribution in [0.4, 0.5) is 8.78 Å². The number of aliphatic hydroxyl groups is 1. The normalized spacial score (nSPS) is 27.5. The van der Waals surface area contributed by atoms with Gasteiger partial charge in [0.25, 0.3) is 0 Å². The number of carbonyl (C=O) groups excluding carboxylic acids is 1. The molecule has 3 nitrogen and oxygen atoms in total. The summed E-state index contributed by atoms with van der Waals surface area (Å²) >= 11 is 0. The molecular formula is C19H22F2O3. The molecule has 1 saturated carbocycles. The van der Waals surface area contributed by atoms with E-state index in [1.54, 1.807) is 0 Å². The Labute approximate surface area is 140 Å². The van der Waals surface area contributed by atoms with Gasteiger partial charge >= 0.3 is 5.97 Å². The van der Waals surface area contributed by atoms with Crippen molar-refractivity contribution < 1.29 is 23.4 Å². The molecule has 0 spiro atoms. The van der Waals surface area contributed by atoms with Gasteiger partial charge in [-0.1, -0.05) is 19.9 Å². The van der Waals surface area contributed by atoms with Crippen molar-refractivity contribution in [3.8, 4) is 0 Å². The van der Waals surface area contributed by atoms with Crippen LogP contribution in [0, 0.1) is 23.0 Å². The van der Waals surface area contributed by atoms with E-state index in [9.17, 15) is 18.7 Å². The fourth-order valence-corrected chi connectivity index (χ4v) is 3.87. The molecule has 1 atom stereocenters. The largest absolute Gasteiger partial charge is 0.426 e. The third-order valence-corrected chi connectivity index (χ3v) is 5.22. The zero-order valence-corrected chi connectivity index (χ0v) is 14.2. The smallest absolute Gasteiger partial charge is 0.341 e. The van der Waals surface area contributed by atoms with Crippen LogP contribution in [0.15, 0.2) is 23.8 Å². The summed E-state index contributed by atoms with van der Waals surface area (Å²) in [6.45, 7) is 5.71. The molecule has 0 aromatic heterocycles. The SMILES string of the molecule is CC1(C)CCC(C2=C(c3c(F)cccc3F)C(=O)OC2(C)O)CC1. The molecule has 0 saturated heterocycles. The molecule has 1 aliphatic heterocycles. The number of halogens is 2. The summed E-state index contributed by atoms with van der Waals surface area (Å²) in [6, 6.07) is 3.45. The van der Waals surface area contributed by atoms with Gasteiger partial charge in [0.2, 0.25) is 5.79 Å². The van der Waals surface area contributed by atoms with E-state index in [0.29, 0.717) is 5.57 Å². The van der Waals surface area contributed by atoms with E-state index < -0.39 is 29.0 Å². The van der Waals surface area contributed by atoms with Crippen molar-refractivity contribution >= 4 is 11.5 Å². The highest BCUT2D eigenvalue weighted by molar-refractivity contribution is 6.20. The van der Waals surface area contributed by atoms with Crippen LogP contribution in [0.1, 0.15) is 52.0 Å². The molecule has 1 aromatic carbocycles. The summed E-state index contributed by atoms with van der Waals surface area (Å²) in [7, 11) is 0. The fourth-order valence-electron chi connectivity index (χ4n) is 3.87. The number of ether oxygens (including phenoxy) is 1. The molecule has 1 N–H and O–H groups in total. The first-order valence-corrected chi connectivity index (χ1v) is 8.27. The second kappa shape index (κ2) is 5.66. The van der Waals surface area contributed by atoms with Crippen molar-refractivity contribution in [2.24, 2.45) is 11.3 Å². The summed E-state index contributed by atoms with van der Waals surface area (Å²) in [4.78, 5) is 12.3. The Balaban J connectivity index is 2.13. The second-order valence-corrected chi connectivity index (χ2v) is 7.70. The van der Waals surface area contributed by atoms with Crippen molar-refractivity contribution in [1.29, 1.82) is 0 Å². The monoisotopic (exact) mass is 336 g/mol. The Kier molecular flexibility index (Phi) is 4.03.